The molecule has 9 heteroatoms. The van der Waals surface area contributed by atoms with Gasteiger partial charge in [-0.2, -0.15) is 0 Å². The summed E-state index contributed by atoms with van der Waals surface area (Å²) in [5.74, 6) is 0.844. The minimum atomic E-state index is -3.90. The van der Waals surface area contributed by atoms with E-state index in [-0.39, 0.29) is 30.3 Å². The molecule has 0 spiro atoms. The van der Waals surface area contributed by atoms with E-state index in [1.807, 2.05) is 13.0 Å². The molecule has 1 heterocycles. The van der Waals surface area contributed by atoms with E-state index in [1.54, 1.807) is 63.4 Å². The molecule has 3 aromatic rings. The third-order valence-corrected chi connectivity index (χ3v) is 6.92. The minimum Gasteiger partial charge on any atom is -0.497 e. The average Bonchev–Trinajstić information content (AvgIpc) is 3.17. The predicted molar refractivity (Wildman–Crippen MR) is 121 cm³/mol. The molecular formula is C23H27N3O5S. The highest BCUT2D eigenvalue weighted by atomic mass is 32.2. The number of anilines is 1. The zero-order valence-corrected chi connectivity index (χ0v) is 19.4. The number of methoxy groups -OCH3 is 1. The number of hydrogen-bond donors (Lipinski definition) is 1. The molecule has 0 aliphatic carbocycles. The fourth-order valence-electron chi connectivity index (χ4n) is 3.32. The number of amides is 1. The lowest BCUT2D eigenvalue weighted by Crippen LogP contribution is -2.35. The van der Waals surface area contributed by atoms with Gasteiger partial charge in [0.1, 0.15) is 5.75 Å². The Morgan fingerprint density at radius 2 is 1.81 bits per heavy atom. The van der Waals surface area contributed by atoms with E-state index in [2.05, 4.69) is 10.5 Å². The second kappa shape index (κ2) is 9.86. The Balaban J connectivity index is 1.82. The molecule has 1 amide bonds. The van der Waals surface area contributed by atoms with Crippen LogP contribution in [0.2, 0.25) is 0 Å². The first-order valence-corrected chi connectivity index (χ1v) is 11.6. The van der Waals surface area contributed by atoms with Crippen molar-refractivity contribution in [3.05, 3.63) is 71.1 Å². The molecule has 3 rings (SSSR count). The largest absolute Gasteiger partial charge is 0.497 e. The molecule has 0 saturated carbocycles. The fourth-order valence-corrected chi connectivity index (χ4v) is 4.99. The maximum Gasteiger partial charge on any atom is 0.264 e. The molecule has 0 saturated heterocycles. The van der Waals surface area contributed by atoms with Gasteiger partial charge in [0.05, 0.1) is 29.9 Å². The molecule has 0 aliphatic heterocycles. The molecule has 0 unspecified atom stereocenters. The lowest BCUT2D eigenvalue weighted by atomic mass is 10.2. The highest BCUT2D eigenvalue weighted by Gasteiger charge is 2.27. The van der Waals surface area contributed by atoms with Crippen LogP contribution in [-0.2, 0) is 21.4 Å². The summed E-state index contributed by atoms with van der Waals surface area (Å²) in [5, 5.41) is 6.51. The first kappa shape index (κ1) is 23.3. The smallest absolute Gasteiger partial charge is 0.264 e. The van der Waals surface area contributed by atoms with Gasteiger partial charge >= 0.3 is 0 Å². The van der Waals surface area contributed by atoms with Crippen molar-refractivity contribution in [3.8, 4) is 5.75 Å². The Kier molecular flexibility index (Phi) is 7.19. The summed E-state index contributed by atoms with van der Waals surface area (Å²) in [6, 6.07) is 13.6. The summed E-state index contributed by atoms with van der Waals surface area (Å²) < 4.78 is 38.6. The van der Waals surface area contributed by atoms with E-state index in [9.17, 15) is 13.2 Å². The van der Waals surface area contributed by atoms with Crippen molar-refractivity contribution in [1.29, 1.82) is 0 Å². The molecule has 32 heavy (non-hydrogen) atoms. The zero-order valence-electron chi connectivity index (χ0n) is 18.6. The van der Waals surface area contributed by atoms with Gasteiger partial charge in [-0.15, -0.1) is 0 Å². The van der Waals surface area contributed by atoms with Crippen LogP contribution in [0.25, 0.3) is 0 Å². The van der Waals surface area contributed by atoms with Gasteiger partial charge in [-0.05, 0) is 56.7 Å². The van der Waals surface area contributed by atoms with Gasteiger partial charge in [0.25, 0.3) is 10.0 Å². The fraction of sp³-hybridized carbons (Fsp3) is 0.304. The lowest BCUT2D eigenvalue weighted by molar-refractivity contribution is -0.121. The van der Waals surface area contributed by atoms with Crippen molar-refractivity contribution in [3.63, 3.8) is 0 Å². The summed E-state index contributed by atoms with van der Waals surface area (Å²) in [6.07, 6.45) is -0.0245. The van der Waals surface area contributed by atoms with Gasteiger partial charge < -0.3 is 14.6 Å². The first-order chi connectivity index (χ1) is 15.2. The maximum atomic E-state index is 13.6. The minimum absolute atomic E-state index is 0.0245. The number of nitrogens with one attached hydrogen (secondary N) is 1. The standard InChI is InChI=1S/C23H27N3O5S/c1-16-5-10-22(17(2)13-16)32(28,29)26(19-6-8-20(30-4)9-7-19)12-11-23(27)24-15-21-14-18(3)25-31-21/h5-10,13-14H,11-12,15H2,1-4H3,(H,24,27). The molecule has 170 valence electrons. The number of carbonyl (C=O) groups excluding carboxylic acids is 1. The van der Waals surface area contributed by atoms with E-state index in [4.69, 9.17) is 9.26 Å². The van der Waals surface area contributed by atoms with Crippen molar-refractivity contribution >= 4 is 21.6 Å². The second-order valence-electron chi connectivity index (χ2n) is 7.51. The summed E-state index contributed by atoms with van der Waals surface area (Å²) in [4.78, 5) is 12.6. The van der Waals surface area contributed by atoms with E-state index in [1.165, 1.54) is 4.31 Å². The molecule has 0 bridgehead atoms. The Morgan fingerprint density at radius 1 is 1.09 bits per heavy atom. The number of hydrogen-bond acceptors (Lipinski definition) is 6. The molecule has 2 aromatic carbocycles. The maximum absolute atomic E-state index is 13.6. The van der Waals surface area contributed by atoms with Crippen LogP contribution in [0.5, 0.6) is 5.75 Å². The van der Waals surface area contributed by atoms with Gasteiger partial charge in [-0.25, -0.2) is 8.42 Å². The Hall–Kier alpha value is -3.33. The number of aryl methyl sites for hydroxylation is 3. The molecule has 1 aromatic heterocycles. The third-order valence-electron chi connectivity index (χ3n) is 4.94. The van der Waals surface area contributed by atoms with Crippen LogP contribution in [0.1, 0.15) is 29.0 Å². The van der Waals surface area contributed by atoms with Crippen LogP contribution in [-0.4, -0.2) is 33.1 Å². The van der Waals surface area contributed by atoms with Crippen molar-refractivity contribution in [1.82, 2.24) is 10.5 Å². The van der Waals surface area contributed by atoms with E-state index in [0.29, 0.717) is 22.8 Å². The molecule has 0 fully saturated rings. The number of aromatic nitrogens is 1. The quantitative estimate of drug-likeness (QED) is 0.528. The topological polar surface area (TPSA) is 102 Å². The first-order valence-electron chi connectivity index (χ1n) is 10.1. The number of rotatable bonds is 9. The van der Waals surface area contributed by atoms with Gasteiger partial charge in [0.2, 0.25) is 5.91 Å². The van der Waals surface area contributed by atoms with Crippen molar-refractivity contribution in [2.24, 2.45) is 0 Å². The number of benzene rings is 2. The van der Waals surface area contributed by atoms with Gasteiger partial charge in [-0.3, -0.25) is 9.10 Å². The molecule has 8 nitrogen and oxygen atoms in total. The summed E-state index contributed by atoms with van der Waals surface area (Å²) >= 11 is 0. The summed E-state index contributed by atoms with van der Waals surface area (Å²) in [6.45, 7) is 5.62. The number of carbonyl (C=O) groups is 1. The monoisotopic (exact) mass is 457 g/mol. The van der Waals surface area contributed by atoms with Gasteiger partial charge in [0.15, 0.2) is 5.76 Å². The van der Waals surface area contributed by atoms with E-state index < -0.39 is 10.0 Å². The van der Waals surface area contributed by atoms with E-state index >= 15 is 0 Å². The number of nitrogens with zero attached hydrogens (tertiary/aromatic N) is 2. The highest BCUT2D eigenvalue weighted by molar-refractivity contribution is 7.92. The molecule has 0 aliphatic rings. The SMILES string of the molecule is COc1ccc(N(CCC(=O)NCc2cc(C)no2)S(=O)(=O)c2ccc(C)cc2C)cc1. The van der Waals surface area contributed by atoms with Gasteiger partial charge in [0, 0.05) is 19.0 Å². The zero-order chi connectivity index (χ0) is 23.3. The van der Waals surface area contributed by atoms with Crippen LogP contribution in [0, 0.1) is 20.8 Å². The van der Waals surface area contributed by atoms with Crippen molar-refractivity contribution in [2.75, 3.05) is 18.0 Å². The van der Waals surface area contributed by atoms with Crippen LogP contribution in [0.4, 0.5) is 5.69 Å². The van der Waals surface area contributed by atoms with Crippen molar-refractivity contribution in [2.45, 2.75) is 38.6 Å². The van der Waals surface area contributed by atoms with Crippen molar-refractivity contribution < 1.29 is 22.5 Å². The van der Waals surface area contributed by atoms with Crippen LogP contribution < -0.4 is 14.4 Å². The number of sulfonamides is 1. The normalized spacial score (nSPS) is 11.2. The Labute approximate surface area is 188 Å². The summed E-state index contributed by atoms with van der Waals surface area (Å²) in [5.41, 5.74) is 2.79. The Morgan fingerprint density at radius 3 is 2.41 bits per heavy atom. The van der Waals surface area contributed by atoms with E-state index in [0.717, 1.165) is 11.3 Å². The lowest BCUT2D eigenvalue weighted by Gasteiger charge is -2.25. The summed E-state index contributed by atoms with van der Waals surface area (Å²) in [7, 11) is -2.36. The number of ether oxygens (including phenoxy) is 1. The van der Waals surface area contributed by atoms with Gasteiger partial charge in [-0.1, -0.05) is 22.9 Å². The molecule has 0 atom stereocenters. The predicted octanol–water partition coefficient (Wildman–Crippen LogP) is 3.51. The molecular weight excluding hydrogens is 430 g/mol. The Bertz CT molecular complexity index is 1190. The second-order valence-corrected chi connectivity index (χ2v) is 9.34. The van der Waals surface area contributed by atoms with Crippen LogP contribution in [0.15, 0.2) is 57.9 Å². The molecule has 0 radical (unpaired) electrons. The third kappa shape index (κ3) is 5.47. The van der Waals surface area contributed by atoms with Crippen LogP contribution >= 0.6 is 0 Å². The molecule has 1 N–H and O–H groups in total. The highest BCUT2D eigenvalue weighted by Crippen LogP contribution is 2.28. The van der Waals surface area contributed by atoms with Crippen LogP contribution in [0.3, 0.4) is 0 Å². The average molecular weight is 458 g/mol.